The summed E-state index contributed by atoms with van der Waals surface area (Å²) in [5.74, 6) is 0.482. The molecule has 0 amide bonds. The van der Waals surface area contributed by atoms with Crippen LogP contribution in [0, 0.1) is 0 Å². The average Bonchev–Trinajstić information content (AvgIpc) is 2.60. The van der Waals surface area contributed by atoms with E-state index in [2.05, 4.69) is 23.1 Å². The molecule has 0 aliphatic carbocycles. The molecule has 25 heavy (non-hydrogen) atoms. The van der Waals surface area contributed by atoms with Crippen LogP contribution in [0.1, 0.15) is 26.7 Å². The molecule has 1 aromatic heterocycles. The Morgan fingerprint density at radius 1 is 1.04 bits per heavy atom. The van der Waals surface area contributed by atoms with Crippen molar-refractivity contribution < 1.29 is 13.6 Å². The van der Waals surface area contributed by atoms with E-state index < -0.39 is 7.75 Å². The van der Waals surface area contributed by atoms with Gasteiger partial charge in [0.15, 0.2) is 0 Å². The molecule has 0 aliphatic rings. The van der Waals surface area contributed by atoms with Crippen LogP contribution >= 0.6 is 7.75 Å². The predicted octanol–water partition coefficient (Wildman–Crippen LogP) is 5.30. The predicted molar refractivity (Wildman–Crippen MR) is 102 cm³/mol. The van der Waals surface area contributed by atoms with Gasteiger partial charge >= 0.3 is 7.75 Å². The topological polar surface area (TPSA) is 60.5 Å². The SMILES string of the molecule is CCCCNP(=O)(OCC)Oc1ccc2cc3ccccc3nc2c1. The number of benzene rings is 2. The second-order valence-electron chi connectivity index (χ2n) is 5.80. The van der Waals surface area contributed by atoms with Gasteiger partial charge in [-0.1, -0.05) is 31.5 Å². The van der Waals surface area contributed by atoms with Crippen molar-refractivity contribution in [3.8, 4) is 5.75 Å². The van der Waals surface area contributed by atoms with E-state index in [4.69, 9.17) is 9.05 Å². The van der Waals surface area contributed by atoms with Gasteiger partial charge in [0.1, 0.15) is 5.75 Å². The number of unbranched alkanes of at least 4 members (excludes halogenated alkanes) is 1. The average molecular weight is 358 g/mol. The largest absolute Gasteiger partial charge is 0.458 e. The molecule has 1 unspecified atom stereocenters. The van der Waals surface area contributed by atoms with Crippen LogP contribution in [0.15, 0.2) is 48.5 Å². The molecule has 3 rings (SSSR count). The van der Waals surface area contributed by atoms with Crippen molar-refractivity contribution in [2.45, 2.75) is 26.7 Å². The van der Waals surface area contributed by atoms with Gasteiger partial charge in [0.2, 0.25) is 0 Å². The second kappa shape index (κ2) is 7.96. The molecule has 6 heteroatoms. The lowest BCUT2D eigenvalue weighted by molar-refractivity contribution is 0.269. The van der Waals surface area contributed by atoms with E-state index in [0.717, 1.165) is 34.6 Å². The van der Waals surface area contributed by atoms with Gasteiger partial charge in [0.05, 0.1) is 17.6 Å². The number of nitrogens with one attached hydrogen (secondary N) is 1. The maximum absolute atomic E-state index is 12.8. The Bertz CT molecular complexity index is 913. The molecule has 1 atom stereocenters. The van der Waals surface area contributed by atoms with E-state index in [9.17, 15) is 4.57 Å². The lowest BCUT2D eigenvalue weighted by Crippen LogP contribution is -2.18. The summed E-state index contributed by atoms with van der Waals surface area (Å²) in [6.45, 7) is 4.77. The molecule has 0 saturated heterocycles. The Kier molecular flexibility index (Phi) is 5.69. The summed E-state index contributed by atoms with van der Waals surface area (Å²) in [6.07, 6.45) is 1.91. The number of fused-ring (bicyclic) bond motifs is 2. The van der Waals surface area contributed by atoms with E-state index in [1.807, 2.05) is 30.3 Å². The summed E-state index contributed by atoms with van der Waals surface area (Å²) >= 11 is 0. The highest BCUT2D eigenvalue weighted by Gasteiger charge is 2.25. The summed E-state index contributed by atoms with van der Waals surface area (Å²) in [4.78, 5) is 4.66. The highest BCUT2D eigenvalue weighted by atomic mass is 31.2. The number of pyridine rings is 1. The first kappa shape index (κ1) is 17.9. The third-order valence-electron chi connectivity index (χ3n) is 3.85. The molecule has 0 fully saturated rings. The monoisotopic (exact) mass is 358 g/mol. The number of rotatable bonds is 8. The highest BCUT2D eigenvalue weighted by molar-refractivity contribution is 7.52. The van der Waals surface area contributed by atoms with Crippen molar-refractivity contribution in [2.24, 2.45) is 0 Å². The summed E-state index contributed by atoms with van der Waals surface area (Å²) in [5, 5.41) is 5.01. The van der Waals surface area contributed by atoms with Gasteiger partial charge in [-0.15, -0.1) is 0 Å². The molecule has 1 N–H and O–H groups in total. The Morgan fingerprint density at radius 2 is 1.84 bits per heavy atom. The zero-order chi connectivity index (χ0) is 17.7. The number of nitrogens with zero attached hydrogens (tertiary/aromatic N) is 1. The minimum absolute atomic E-state index is 0.312. The third kappa shape index (κ3) is 4.37. The van der Waals surface area contributed by atoms with Crippen LogP contribution in [0.2, 0.25) is 0 Å². The lowest BCUT2D eigenvalue weighted by atomic mass is 10.1. The molecule has 0 aliphatic heterocycles. The number of hydrogen-bond donors (Lipinski definition) is 1. The van der Waals surface area contributed by atoms with Crippen LogP contribution in [0.25, 0.3) is 21.8 Å². The summed E-state index contributed by atoms with van der Waals surface area (Å²) < 4.78 is 23.9. The van der Waals surface area contributed by atoms with Gasteiger partial charge < -0.3 is 4.52 Å². The van der Waals surface area contributed by atoms with Crippen LogP contribution in [0.4, 0.5) is 0 Å². The molecule has 0 radical (unpaired) electrons. The quantitative estimate of drug-likeness (QED) is 0.336. The summed E-state index contributed by atoms with van der Waals surface area (Å²) in [6, 6.07) is 15.6. The molecule has 3 aromatic rings. The molecule has 0 spiro atoms. The molecule has 0 bridgehead atoms. The first-order valence-corrected chi connectivity index (χ1v) is 10.2. The van der Waals surface area contributed by atoms with Crippen molar-refractivity contribution in [3.63, 3.8) is 0 Å². The molecular formula is C19H23N2O3P. The van der Waals surface area contributed by atoms with E-state index in [1.165, 1.54) is 0 Å². The Hall–Kier alpha value is -1.94. The maximum atomic E-state index is 12.8. The zero-order valence-electron chi connectivity index (χ0n) is 14.6. The van der Waals surface area contributed by atoms with Crippen LogP contribution in [-0.2, 0) is 9.09 Å². The van der Waals surface area contributed by atoms with Crippen molar-refractivity contribution in [2.75, 3.05) is 13.2 Å². The fourth-order valence-electron chi connectivity index (χ4n) is 2.61. The van der Waals surface area contributed by atoms with Gasteiger partial charge in [-0.25, -0.2) is 14.6 Å². The Labute approximate surface area is 148 Å². The number of hydrogen-bond acceptors (Lipinski definition) is 4. The van der Waals surface area contributed by atoms with Crippen molar-refractivity contribution in [1.82, 2.24) is 10.1 Å². The highest BCUT2D eigenvalue weighted by Crippen LogP contribution is 2.44. The van der Waals surface area contributed by atoms with Gasteiger partial charge in [-0.3, -0.25) is 4.52 Å². The molecule has 1 heterocycles. The van der Waals surface area contributed by atoms with E-state index >= 15 is 0 Å². The van der Waals surface area contributed by atoms with Crippen molar-refractivity contribution in [1.29, 1.82) is 0 Å². The van der Waals surface area contributed by atoms with Gasteiger partial charge in [-0.2, -0.15) is 0 Å². The maximum Gasteiger partial charge on any atom is 0.458 e. The third-order valence-corrected chi connectivity index (χ3v) is 5.51. The standard InChI is InChI=1S/C19H23N2O3P/c1-3-5-12-20-25(22,23-4-2)24-17-11-10-16-13-15-8-6-7-9-18(15)21-19(16)14-17/h6-11,13-14H,3-5,12H2,1-2H3,(H,20,22). The molecule has 132 valence electrons. The lowest BCUT2D eigenvalue weighted by Gasteiger charge is -2.19. The van der Waals surface area contributed by atoms with Crippen LogP contribution in [-0.4, -0.2) is 18.1 Å². The minimum atomic E-state index is -3.37. The van der Waals surface area contributed by atoms with Gasteiger partial charge in [0, 0.05) is 23.4 Å². The smallest absolute Gasteiger partial charge is 0.413 e. The summed E-state index contributed by atoms with van der Waals surface area (Å²) in [7, 11) is -3.37. The molecule has 0 saturated carbocycles. The van der Waals surface area contributed by atoms with Crippen LogP contribution in [0.3, 0.4) is 0 Å². The van der Waals surface area contributed by atoms with Crippen molar-refractivity contribution >= 4 is 29.6 Å². The van der Waals surface area contributed by atoms with Crippen LogP contribution < -0.4 is 9.61 Å². The van der Waals surface area contributed by atoms with Gasteiger partial charge in [0.25, 0.3) is 0 Å². The first-order chi connectivity index (χ1) is 12.1. The zero-order valence-corrected chi connectivity index (χ0v) is 15.5. The van der Waals surface area contributed by atoms with Gasteiger partial charge in [-0.05, 0) is 37.6 Å². The molecule has 5 nitrogen and oxygen atoms in total. The Balaban J connectivity index is 1.89. The fraction of sp³-hybridized carbons (Fsp3) is 0.316. The Morgan fingerprint density at radius 3 is 2.64 bits per heavy atom. The molecular weight excluding hydrogens is 335 g/mol. The van der Waals surface area contributed by atoms with E-state index in [0.29, 0.717) is 18.9 Å². The minimum Gasteiger partial charge on any atom is -0.413 e. The molecule has 2 aromatic carbocycles. The first-order valence-electron chi connectivity index (χ1n) is 8.62. The van der Waals surface area contributed by atoms with Crippen molar-refractivity contribution in [3.05, 3.63) is 48.5 Å². The van der Waals surface area contributed by atoms with E-state index in [-0.39, 0.29) is 0 Å². The van der Waals surface area contributed by atoms with E-state index in [1.54, 1.807) is 19.1 Å². The fourth-order valence-corrected chi connectivity index (χ4v) is 3.99. The summed E-state index contributed by atoms with van der Waals surface area (Å²) in [5.41, 5.74) is 1.72. The van der Waals surface area contributed by atoms with Crippen LogP contribution in [0.5, 0.6) is 5.75 Å². The normalized spacial score (nSPS) is 13.8. The second-order valence-corrected chi connectivity index (χ2v) is 7.56. The number of para-hydroxylation sites is 1. The number of aromatic nitrogens is 1.